The quantitative estimate of drug-likeness (QED) is 0.309. The Labute approximate surface area is 156 Å². The maximum atomic E-state index is 4.75. The van der Waals surface area contributed by atoms with E-state index in [9.17, 15) is 0 Å². The number of halogens is 1. The Morgan fingerprint density at radius 3 is 2.12 bits per heavy atom. The summed E-state index contributed by atoms with van der Waals surface area (Å²) in [7, 11) is 8.24. The lowest BCUT2D eigenvalue weighted by atomic mass is 10.2. The first kappa shape index (κ1) is 28.0. The normalized spacial score (nSPS) is 8.80. The molecule has 142 valence electrons. The molecule has 1 aliphatic carbocycles. The van der Waals surface area contributed by atoms with Gasteiger partial charge in [0.15, 0.2) is 0 Å². The average Bonchev–Trinajstić information content (AvgIpc) is 2.43. The van der Waals surface area contributed by atoms with E-state index in [-0.39, 0.29) is 34.3 Å². The van der Waals surface area contributed by atoms with Crippen LogP contribution < -0.4 is 27.2 Å². The molecule has 9 heteroatoms. The Hall–Kier alpha value is -1.81. The zero-order valence-corrected chi connectivity index (χ0v) is 16.2. The van der Waals surface area contributed by atoms with Gasteiger partial charge in [-0.05, 0) is 24.3 Å². The summed E-state index contributed by atoms with van der Waals surface area (Å²) < 4.78 is 3.34. The Balaban J connectivity index is -0.000000968. The minimum atomic E-state index is 0. The summed E-state index contributed by atoms with van der Waals surface area (Å²) in [6.45, 7) is 0. The van der Waals surface area contributed by atoms with Crippen LogP contribution in [0.4, 0.5) is 5.69 Å². The Kier molecular flexibility index (Phi) is 12.2. The molecule has 1 aromatic rings. The predicted octanol–water partition coefficient (Wildman–Crippen LogP) is -3.80. The van der Waals surface area contributed by atoms with E-state index in [0.29, 0.717) is 0 Å². The van der Waals surface area contributed by atoms with Crippen LogP contribution in [0.3, 0.4) is 0 Å². The van der Waals surface area contributed by atoms with Gasteiger partial charge in [0.1, 0.15) is 14.1 Å². The summed E-state index contributed by atoms with van der Waals surface area (Å²) in [5, 5.41) is 1.21. The molecule has 2 aliphatic rings. The van der Waals surface area contributed by atoms with Crippen LogP contribution in [0.1, 0.15) is 0 Å². The fourth-order valence-electron chi connectivity index (χ4n) is 2.16. The van der Waals surface area contributed by atoms with Gasteiger partial charge in [-0.3, -0.25) is 0 Å². The molecule has 0 fully saturated rings. The lowest BCUT2D eigenvalue weighted by molar-refractivity contribution is -0.00000890. The minimum Gasteiger partial charge on any atom is -1.00 e. The third kappa shape index (κ3) is 5.60. The third-order valence-electron chi connectivity index (χ3n) is 3.38. The van der Waals surface area contributed by atoms with Gasteiger partial charge >= 0.3 is 0 Å². The van der Waals surface area contributed by atoms with Crippen molar-refractivity contribution in [2.75, 3.05) is 33.1 Å². The summed E-state index contributed by atoms with van der Waals surface area (Å²) in [5.74, 6) is 0. The van der Waals surface area contributed by atoms with Crippen LogP contribution in [-0.2, 0) is 0 Å². The van der Waals surface area contributed by atoms with Crippen LogP contribution in [-0.4, -0.2) is 55.1 Å². The van der Waals surface area contributed by atoms with Crippen LogP contribution in [0.15, 0.2) is 36.4 Å². The number of rotatable bonds is 1. The lowest BCUT2D eigenvalue weighted by Crippen LogP contribution is -3.00. The highest BCUT2D eigenvalue weighted by molar-refractivity contribution is 7.21. The summed E-state index contributed by atoms with van der Waals surface area (Å²) >= 11 is 1.80. The molecule has 1 aromatic carbocycles. The molecule has 1 aliphatic heterocycles. The van der Waals surface area contributed by atoms with Crippen LogP contribution in [0.25, 0.3) is 20.8 Å². The fourth-order valence-corrected chi connectivity index (χ4v) is 3.19. The predicted molar refractivity (Wildman–Crippen MR) is 102 cm³/mol. The molecular formula is C16H26ClN3O4S. The molecule has 0 unspecified atom stereocenters. The monoisotopic (exact) mass is 391 g/mol. The van der Waals surface area contributed by atoms with E-state index in [1.54, 1.807) is 11.3 Å². The Bertz CT molecular complexity index is 835. The molecule has 0 amide bonds. The van der Waals surface area contributed by atoms with E-state index < -0.39 is 0 Å². The summed E-state index contributed by atoms with van der Waals surface area (Å²) in [5.41, 5.74) is 3.33. The van der Waals surface area contributed by atoms with Gasteiger partial charge in [-0.1, -0.05) is 0 Å². The fraction of sp³-hybridized carbons (Fsp3) is 0.250. The number of fused-ring (bicyclic) bond motifs is 2. The van der Waals surface area contributed by atoms with Crippen LogP contribution in [0, 0.1) is 0 Å². The van der Waals surface area contributed by atoms with E-state index in [0.717, 1.165) is 11.2 Å². The lowest BCUT2D eigenvalue weighted by Gasteiger charge is -2.13. The molecule has 0 atom stereocenters. The number of hydrogen-bond donors (Lipinski definition) is 0. The van der Waals surface area contributed by atoms with E-state index in [4.69, 9.17) is 4.98 Å². The Morgan fingerprint density at radius 1 is 0.920 bits per heavy atom. The van der Waals surface area contributed by atoms with Crippen molar-refractivity contribution in [3.63, 3.8) is 0 Å². The van der Waals surface area contributed by atoms with E-state index in [1.807, 2.05) is 0 Å². The second-order valence-corrected chi connectivity index (χ2v) is 6.39. The first-order valence-corrected chi connectivity index (χ1v) is 7.38. The number of hydrogen-bond acceptors (Lipinski definition) is 3. The van der Waals surface area contributed by atoms with Gasteiger partial charge in [0.2, 0.25) is 5.36 Å². The molecule has 0 bridgehead atoms. The standard InChI is InChI=1S/C16H18N3S.ClH.4H2O/c1-18(2)11-5-7-13-15(9-11)20-16-10-12(19(3)4)6-8-14(16)17-13;;;;;/h5-10H,1-4H3;1H;4*1H2/q+1;;;;;/p-1. The summed E-state index contributed by atoms with van der Waals surface area (Å²) in [4.78, 5) is 8.09. The second-order valence-electron chi connectivity index (χ2n) is 5.31. The SMILES string of the molecule is CN(C)c1ccc2nc3ccc(=[N+](C)C)cc-3sc2c1.O.O.O.O.[Cl-]. The zero-order valence-electron chi connectivity index (χ0n) is 14.6. The van der Waals surface area contributed by atoms with Gasteiger partial charge in [0, 0.05) is 31.9 Å². The van der Waals surface area contributed by atoms with Gasteiger partial charge in [-0.2, -0.15) is 0 Å². The maximum absolute atomic E-state index is 4.75. The van der Waals surface area contributed by atoms with E-state index >= 15 is 0 Å². The van der Waals surface area contributed by atoms with E-state index in [1.165, 1.54) is 20.6 Å². The molecule has 3 rings (SSSR count). The first-order valence-electron chi connectivity index (χ1n) is 6.57. The van der Waals surface area contributed by atoms with Crippen LogP contribution in [0.2, 0.25) is 0 Å². The molecular weight excluding hydrogens is 366 g/mol. The van der Waals surface area contributed by atoms with Crippen molar-refractivity contribution in [2.45, 2.75) is 0 Å². The minimum absolute atomic E-state index is 0. The molecule has 8 N–H and O–H groups in total. The van der Waals surface area contributed by atoms with E-state index in [2.05, 4.69) is 74.1 Å². The second kappa shape index (κ2) is 10.9. The summed E-state index contributed by atoms with van der Waals surface area (Å²) in [6.07, 6.45) is 0. The highest BCUT2D eigenvalue weighted by Crippen LogP contribution is 2.31. The maximum Gasteiger partial charge on any atom is 0.201 e. The van der Waals surface area contributed by atoms with Gasteiger partial charge in [-0.15, -0.1) is 11.3 Å². The molecule has 0 radical (unpaired) electrons. The highest BCUT2D eigenvalue weighted by atomic mass is 35.5. The van der Waals surface area contributed by atoms with Crippen LogP contribution in [0.5, 0.6) is 0 Å². The van der Waals surface area contributed by atoms with Crippen molar-refractivity contribution in [3.05, 3.63) is 41.8 Å². The topological polar surface area (TPSA) is 145 Å². The van der Waals surface area contributed by atoms with Crippen molar-refractivity contribution in [1.29, 1.82) is 0 Å². The Morgan fingerprint density at radius 2 is 1.56 bits per heavy atom. The van der Waals surface area contributed by atoms with Crippen molar-refractivity contribution < 1.29 is 34.3 Å². The molecule has 1 heterocycles. The zero-order chi connectivity index (χ0) is 14.3. The molecule has 0 spiro atoms. The average molecular weight is 392 g/mol. The smallest absolute Gasteiger partial charge is 0.201 e. The molecule has 0 saturated carbocycles. The van der Waals surface area contributed by atoms with Gasteiger partial charge in [-0.25, -0.2) is 9.56 Å². The van der Waals surface area contributed by atoms with Crippen molar-refractivity contribution in [1.82, 2.24) is 9.56 Å². The van der Waals surface area contributed by atoms with Crippen molar-refractivity contribution in [3.8, 4) is 10.6 Å². The molecule has 0 saturated heterocycles. The number of nitrogens with zero attached hydrogens (tertiary/aromatic N) is 3. The largest absolute Gasteiger partial charge is 1.00 e. The molecule has 0 aromatic heterocycles. The highest BCUT2D eigenvalue weighted by Gasteiger charge is 2.09. The van der Waals surface area contributed by atoms with Gasteiger partial charge in [0.25, 0.3) is 0 Å². The molecule has 25 heavy (non-hydrogen) atoms. The van der Waals surface area contributed by atoms with Gasteiger partial charge in [0.05, 0.1) is 20.8 Å². The first-order chi connectivity index (χ1) is 9.54. The summed E-state index contributed by atoms with van der Waals surface area (Å²) in [6, 6.07) is 12.8. The number of benzene rings is 2. The van der Waals surface area contributed by atoms with Crippen molar-refractivity contribution >= 4 is 27.2 Å². The van der Waals surface area contributed by atoms with Gasteiger partial charge < -0.3 is 39.2 Å². The number of aromatic nitrogens is 1. The van der Waals surface area contributed by atoms with Crippen molar-refractivity contribution in [2.24, 2.45) is 0 Å². The van der Waals surface area contributed by atoms with Crippen LogP contribution >= 0.6 is 11.3 Å². The third-order valence-corrected chi connectivity index (χ3v) is 4.47. The number of anilines is 1. The molecule has 7 nitrogen and oxygen atoms in total.